The fourth-order valence-electron chi connectivity index (χ4n) is 1.12. The molecule has 1 unspecified atom stereocenters. The van der Waals surface area contributed by atoms with E-state index in [1.54, 1.807) is 19.1 Å². The Bertz CT molecular complexity index is 399. The third-order valence-corrected chi connectivity index (χ3v) is 2.23. The Morgan fingerprint density at radius 2 is 1.88 bits per heavy atom. The molecule has 0 heterocycles. The molecule has 0 aliphatic rings. The number of hydrogen-bond acceptors (Lipinski definition) is 4. The lowest BCUT2D eigenvalue weighted by Crippen LogP contribution is -2.26. The minimum absolute atomic E-state index is 0.252. The lowest BCUT2D eigenvalue weighted by atomic mass is 10.2. The number of benzene rings is 1. The molecule has 0 saturated carbocycles. The number of carbonyl (C=O) groups is 2. The van der Waals surface area contributed by atoms with Gasteiger partial charge >= 0.3 is 11.9 Å². The molecule has 0 aromatic heterocycles. The van der Waals surface area contributed by atoms with Gasteiger partial charge in [-0.3, -0.25) is 0 Å². The molecule has 1 aromatic rings. The van der Waals surface area contributed by atoms with E-state index in [9.17, 15) is 9.59 Å². The molecule has 0 radical (unpaired) electrons. The van der Waals surface area contributed by atoms with E-state index >= 15 is 0 Å². The van der Waals surface area contributed by atoms with Crippen molar-refractivity contribution in [2.45, 2.75) is 20.0 Å². The van der Waals surface area contributed by atoms with E-state index < -0.39 is 18.0 Å². The van der Waals surface area contributed by atoms with Crippen molar-refractivity contribution in [2.24, 2.45) is 0 Å². The molecule has 0 spiro atoms. The van der Waals surface area contributed by atoms with Crippen LogP contribution in [0.3, 0.4) is 0 Å². The van der Waals surface area contributed by atoms with Crippen LogP contribution in [0.1, 0.15) is 24.2 Å². The zero-order valence-corrected chi connectivity index (χ0v) is 10.4. The third kappa shape index (κ3) is 4.07. The van der Waals surface area contributed by atoms with E-state index in [1.807, 2.05) is 0 Å². The molecule has 1 aromatic carbocycles. The topological polar surface area (TPSA) is 52.6 Å². The summed E-state index contributed by atoms with van der Waals surface area (Å²) in [6.07, 6.45) is -0.918. The van der Waals surface area contributed by atoms with Crippen LogP contribution < -0.4 is 0 Å². The van der Waals surface area contributed by atoms with Crippen molar-refractivity contribution in [3.05, 3.63) is 34.9 Å². The minimum Gasteiger partial charge on any atom is -0.463 e. The summed E-state index contributed by atoms with van der Waals surface area (Å²) in [7, 11) is 0. The molecule has 1 atom stereocenters. The van der Waals surface area contributed by atoms with Crippen molar-refractivity contribution >= 4 is 23.5 Å². The number of hydrogen-bond donors (Lipinski definition) is 0. The van der Waals surface area contributed by atoms with Gasteiger partial charge in [-0.15, -0.1) is 0 Å². The molecule has 0 saturated heterocycles. The van der Waals surface area contributed by atoms with Crippen LogP contribution in [0.15, 0.2) is 24.3 Å². The largest absolute Gasteiger partial charge is 0.463 e. The van der Waals surface area contributed by atoms with E-state index in [0.717, 1.165) is 0 Å². The summed E-state index contributed by atoms with van der Waals surface area (Å²) < 4.78 is 9.66. The summed E-state index contributed by atoms with van der Waals surface area (Å²) in [6, 6.07) is 6.21. The van der Waals surface area contributed by atoms with Gasteiger partial charge in [-0.25, -0.2) is 9.59 Å². The Labute approximate surface area is 104 Å². The normalized spacial score (nSPS) is 11.7. The Morgan fingerprint density at radius 1 is 1.29 bits per heavy atom. The number of esters is 2. The average Bonchev–Trinajstić information content (AvgIpc) is 2.30. The molecule has 0 bridgehead atoms. The van der Waals surface area contributed by atoms with E-state index in [-0.39, 0.29) is 6.61 Å². The Kier molecular flexibility index (Phi) is 4.97. The second-order valence-electron chi connectivity index (χ2n) is 3.31. The SMILES string of the molecule is CCOC(=O)C(C)OC(=O)c1ccc(Cl)cc1. The molecule has 0 aliphatic heterocycles. The predicted molar refractivity (Wildman–Crippen MR) is 63.0 cm³/mol. The second-order valence-corrected chi connectivity index (χ2v) is 3.74. The van der Waals surface area contributed by atoms with Crippen molar-refractivity contribution in [3.63, 3.8) is 0 Å². The quantitative estimate of drug-likeness (QED) is 0.777. The van der Waals surface area contributed by atoms with Gasteiger partial charge in [0.2, 0.25) is 0 Å². The molecule has 5 heteroatoms. The first-order valence-corrected chi connectivity index (χ1v) is 5.55. The smallest absolute Gasteiger partial charge is 0.347 e. The summed E-state index contributed by atoms with van der Waals surface area (Å²) in [6.45, 7) is 3.40. The molecular weight excluding hydrogens is 244 g/mol. The highest BCUT2D eigenvalue weighted by molar-refractivity contribution is 6.30. The first-order valence-electron chi connectivity index (χ1n) is 5.17. The molecule has 0 fully saturated rings. The van der Waals surface area contributed by atoms with Crippen LogP contribution in [0.2, 0.25) is 5.02 Å². The molecule has 0 amide bonds. The van der Waals surface area contributed by atoms with Gasteiger partial charge in [0.15, 0.2) is 6.10 Å². The fourth-order valence-corrected chi connectivity index (χ4v) is 1.25. The lowest BCUT2D eigenvalue weighted by Gasteiger charge is -2.11. The number of halogens is 1. The zero-order chi connectivity index (χ0) is 12.8. The first kappa shape index (κ1) is 13.5. The molecule has 17 heavy (non-hydrogen) atoms. The van der Waals surface area contributed by atoms with Crippen LogP contribution in [-0.2, 0) is 14.3 Å². The van der Waals surface area contributed by atoms with Crippen molar-refractivity contribution < 1.29 is 19.1 Å². The maximum atomic E-state index is 11.6. The van der Waals surface area contributed by atoms with Crippen molar-refractivity contribution in [2.75, 3.05) is 6.61 Å². The van der Waals surface area contributed by atoms with Gasteiger partial charge in [0.1, 0.15) is 0 Å². The standard InChI is InChI=1S/C12H13ClO4/c1-3-16-11(14)8(2)17-12(15)9-4-6-10(13)7-5-9/h4-8H,3H2,1-2H3. The summed E-state index contributed by atoms with van der Waals surface area (Å²) in [5, 5.41) is 0.528. The average molecular weight is 257 g/mol. The monoisotopic (exact) mass is 256 g/mol. The Balaban J connectivity index is 2.60. The number of ether oxygens (including phenoxy) is 2. The fraction of sp³-hybridized carbons (Fsp3) is 0.333. The molecule has 1 rings (SSSR count). The highest BCUT2D eigenvalue weighted by Gasteiger charge is 2.19. The summed E-state index contributed by atoms with van der Waals surface area (Å²) in [5.74, 6) is -1.14. The summed E-state index contributed by atoms with van der Waals surface area (Å²) >= 11 is 5.69. The van der Waals surface area contributed by atoms with Crippen LogP contribution >= 0.6 is 11.6 Å². The molecule has 0 aliphatic carbocycles. The zero-order valence-electron chi connectivity index (χ0n) is 9.60. The third-order valence-electron chi connectivity index (χ3n) is 1.98. The van der Waals surface area contributed by atoms with Gasteiger partial charge in [-0.05, 0) is 38.1 Å². The van der Waals surface area contributed by atoms with Gasteiger partial charge in [0.05, 0.1) is 12.2 Å². The first-order chi connectivity index (χ1) is 8.04. The van der Waals surface area contributed by atoms with E-state index in [0.29, 0.717) is 10.6 Å². The van der Waals surface area contributed by atoms with E-state index in [2.05, 4.69) is 0 Å². The molecular formula is C12H13ClO4. The second kappa shape index (κ2) is 6.25. The maximum Gasteiger partial charge on any atom is 0.347 e. The van der Waals surface area contributed by atoms with Crippen molar-refractivity contribution in [1.82, 2.24) is 0 Å². The predicted octanol–water partition coefficient (Wildman–Crippen LogP) is 2.45. The van der Waals surface area contributed by atoms with Crippen LogP contribution in [0.25, 0.3) is 0 Å². The van der Waals surface area contributed by atoms with E-state index in [4.69, 9.17) is 21.1 Å². The van der Waals surface area contributed by atoms with Gasteiger partial charge < -0.3 is 9.47 Å². The molecule has 0 N–H and O–H groups in total. The van der Waals surface area contributed by atoms with Crippen LogP contribution in [-0.4, -0.2) is 24.6 Å². The highest BCUT2D eigenvalue weighted by Crippen LogP contribution is 2.11. The summed E-state index contributed by atoms with van der Waals surface area (Å²) in [5.41, 5.74) is 0.338. The highest BCUT2D eigenvalue weighted by atomic mass is 35.5. The Morgan fingerprint density at radius 3 is 2.41 bits per heavy atom. The number of carbonyl (C=O) groups excluding carboxylic acids is 2. The Hall–Kier alpha value is -1.55. The number of rotatable bonds is 4. The van der Waals surface area contributed by atoms with Crippen molar-refractivity contribution in [3.8, 4) is 0 Å². The van der Waals surface area contributed by atoms with Gasteiger partial charge in [-0.1, -0.05) is 11.6 Å². The molecule has 92 valence electrons. The van der Waals surface area contributed by atoms with Crippen LogP contribution in [0.5, 0.6) is 0 Å². The van der Waals surface area contributed by atoms with Crippen molar-refractivity contribution in [1.29, 1.82) is 0 Å². The van der Waals surface area contributed by atoms with E-state index in [1.165, 1.54) is 19.1 Å². The maximum absolute atomic E-state index is 11.6. The van der Waals surface area contributed by atoms with Gasteiger partial charge in [-0.2, -0.15) is 0 Å². The van der Waals surface area contributed by atoms with Gasteiger partial charge in [0.25, 0.3) is 0 Å². The van der Waals surface area contributed by atoms with Gasteiger partial charge in [0, 0.05) is 5.02 Å². The van der Waals surface area contributed by atoms with Crippen LogP contribution in [0.4, 0.5) is 0 Å². The molecule has 4 nitrogen and oxygen atoms in total. The summed E-state index contributed by atoms with van der Waals surface area (Å²) in [4.78, 5) is 22.8. The lowest BCUT2D eigenvalue weighted by molar-refractivity contribution is -0.152. The van der Waals surface area contributed by atoms with Crippen LogP contribution in [0, 0.1) is 0 Å². The minimum atomic E-state index is -0.918.